The van der Waals surface area contributed by atoms with Crippen LogP contribution in [0.25, 0.3) is 0 Å². The van der Waals surface area contributed by atoms with Crippen molar-refractivity contribution in [2.45, 2.75) is 33.1 Å². The zero-order chi connectivity index (χ0) is 10.4. The largest absolute Gasteiger partial charge is 0.316 e. The molecule has 2 nitrogen and oxygen atoms in total. The van der Waals surface area contributed by atoms with Gasteiger partial charge in [0.1, 0.15) is 0 Å². The van der Waals surface area contributed by atoms with Crippen LogP contribution in [-0.4, -0.2) is 38.1 Å². The van der Waals surface area contributed by atoms with E-state index in [0.717, 1.165) is 11.8 Å². The minimum Gasteiger partial charge on any atom is -0.316 e. The third-order valence-corrected chi connectivity index (χ3v) is 3.65. The lowest BCUT2D eigenvalue weighted by Gasteiger charge is -2.29. The van der Waals surface area contributed by atoms with Gasteiger partial charge in [-0.15, -0.1) is 0 Å². The summed E-state index contributed by atoms with van der Waals surface area (Å²) in [6.45, 7) is 9.56. The van der Waals surface area contributed by atoms with Crippen molar-refractivity contribution in [3.63, 3.8) is 0 Å². The second-order valence-corrected chi connectivity index (χ2v) is 4.77. The molecule has 1 rings (SSSR count). The van der Waals surface area contributed by atoms with Gasteiger partial charge >= 0.3 is 0 Å². The van der Waals surface area contributed by atoms with Crippen LogP contribution in [0.15, 0.2) is 0 Å². The topological polar surface area (TPSA) is 15.3 Å². The molecule has 0 aromatic rings. The predicted molar refractivity (Wildman–Crippen MR) is 62.5 cm³/mol. The van der Waals surface area contributed by atoms with Gasteiger partial charge in [0.05, 0.1) is 0 Å². The summed E-state index contributed by atoms with van der Waals surface area (Å²) in [4.78, 5) is 2.41. The Morgan fingerprint density at radius 3 is 2.86 bits per heavy atom. The van der Waals surface area contributed by atoms with Crippen LogP contribution in [0.1, 0.15) is 33.1 Å². The first-order valence-corrected chi connectivity index (χ1v) is 6.13. The Hall–Kier alpha value is -0.0800. The van der Waals surface area contributed by atoms with E-state index in [0.29, 0.717) is 0 Å². The summed E-state index contributed by atoms with van der Waals surface area (Å²) in [6, 6.07) is 0. The number of nitrogens with one attached hydrogen (secondary N) is 1. The van der Waals surface area contributed by atoms with E-state index in [1.54, 1.807) is 0 Å². The summed E-state index contributed by atoms with van der Waals surface area (Å²) in [6.07, 6.45) is 4.17. The fourth-order valence-electron chi connectivity index (χ4n) is 2.18. The molecule has 0 bridgehead atoms. The normalized spacial score (nSPS) is 25.3. The van der Waals surface area contributed by atoms with Gasteiger partial charge in [0.25, 0.3) is 0 Å². The minimum absolute atomic E-state index is 0.886. The van der Waals surface area contributed by atoms with Crippen LogP contribution < -0.4 is 5.32 Å². The molecule has 0 radical (unpaired) electrons. The van der Waals surface area contributed by atoms with Gasteiger partial charge < -0.3 is 10.2 Å². The molecule has 2 heteroatoms. The second kappa shape index (κ2) is 6.41. The lowest BCUT2D eigenvalue weighted by molar-refractivity contribution is 0.236. The maximum atomic E-state index is 3.50. The number of nitrogens with zero attached hydrogens (tertiary/aromatic N) is 1. The maximum Gasteiger partial charge on any atom is -0.00180 e. The summed E-state index contributed by atoms with van der Waals surface area (Å²) in [5, 5.41) is 3.50. The summed E-state index contributed by atoms with van der Waals surface area (Å²) in [5.41, 5.74) is 0. The summed E-state index contributed by atoms with van der Waals surface area (Å²) in [7, 11) is 2.21. The lowest BCUT2D eigenvalue weighted by atomic mass is 9.85. The van der Waals surface area contributed by atoms with Gasteiger partial charge in [-0.25, -0.2) is 0 Å². The molecule has 0 aromatic heterocycles. The minimum atomic E-state index is 0.886. The molecule has 1 aliphatic rings. The Morgan fingerprint density at radius 2 is 2.29 bits per heavy atom. The quantitative estimate of drug-likeness (QED) is 0.726. The van der Waals surface area contributed by atoms with E-state index < -0.39 is 0 Å². The molecule has 0 aliphatic carbocycles. The first kappa shape index (κ1) is 12.0. The van der Waals surface area contributed by atoms with Crippen molar-refractivity contribution >= 4 is 0 Å². The average molecular weight is 198 g/mol. The van der Waals surface area contributed by atoms with Crippen LogP contribution >= 0.6 is 0 Å². The van der Waals surface area contributed by atoms with Crippen LogP contribution in [-0.2, 0) is 0 Å². The van der Waals surface area contributed by atoms with Crippen LogP contribution in [0.5, 0.6) is 0 Å². The van der Waals surface area contributed by atoms with Crippen molar-refractivity contribution in [3.8, 4) is 0 Å². The highest BCUT2D eigenvalue weighted by atomic mass is 15.1. The molecule has 1 fully saturated rings. The van der Waals surface area contributed by atoms with Crippen LogP contribution in [0.3, 0.4) is 0 Å². The highest BCUT2D eigenvalue weighted by Gasteiger charge is 2.19. The van der Waals surface area contributed by atoms with E-state index >= 15 is 0 Å². The van der Waals surface area contributed by atoms with Crippen LogP contribution in [0, 0.1) is 11.8 Å². The number of rotatable bonds is 5. The van der Waals surface area contributed by atoms with Crippen molar-refractivity contribution in [1.82, 2.24) is 10.2 Å². The van der Waals surface area contributed by atoms with Crippen molar-refractivity contribution < 1.29 is 0 Å². The predicted octanol–water partition coefficient (Wildman–Crippen LogP) is 1.96. The third kappa shape index (κ3) is 3.97. The zero-order valence-corrected chi connectivity index (χ0v) is 10.1. The molecule has 1 N–H and O–H groups in total. The lowest BCUT2D eigenvalue weighted by Crippen LogP contribution is -2.34. The highest BCUT2D eigenvalue weighted by molar-refractivity contribution is 4.74. The van der Waals surface area contributed by atoms with Gasteiger partial charge in [0, 0.05) is 0 Å². The molecule has 1 aliphatic heterocycles. The Labute approximate surface area is 89.1 Å². The molecule has 0 amide bonds. The Balaban J connectivity index is 2.16. The molecule has 2 atom stereocenters. The van der Waals surface area contributed by atoms with Gasteiger partial charge in [0.15, 0.2) is 0 Å². The van der Waals surface area contributed by atoms with Crippen molar-refractivity contribution in [2.24, 2.45) is 11.8 Å². The SMILES string of the molecule is CCN(C)CCC(C)C1CCCNC1. The molecule has 1 saturated heterocycles. The fraction of sp³-hybridized carbons (Fsp3) is 1.00. The average Bonchev–Trinajstić information content (AvgIpc) is 2.26. The van der Waals surface area contributed by atoms with E-state index in [-0.39, 0.29) is 0 Å². The maximum absolute atomic E-state index is 3.50. The third-order valence-electron chi connectivity index (χ3n) is 3.65. The monoisotopic (exact) mass is 198 g/mol. The molecule has 14 heavy (non-hydrogen) atoms. The van der Waals surface area contributed by atoms with Gasteiger partial charge in [-0.3, -0.25) is 0 Å². The second-order valence-electron chi connectivity index (χ2n) is 4.77. The summed E-state index contributed by atoms with van der Waals surface area (Å²) >= 11 is 0. The van der Waals surface area contributed by atoms with Gasteiger partial charge in [0.2, 0.25) is 0 Å². The summed E-state index contributed by atoms with van der Waals surface area (Å²) < 4.78 is 0. The van der Waals surface area contributed by atoms with E-state index in [2.05, 4.69) is 31.1 Å². The van der Waals surface area contributed by atoms with Crippen LogP contribution in [0.2, 0.25) is 0 Å². The molecule has 1 heterocycles. The highest BCUT2D eigenvalue weighted by Crippen LogP contribution is 2.22. The smallest absolute Gasteiger partial charge is 0.00180 e. The van der Waals surface area contributed by atoms with E-state index in [1.807, 2.05) is 0 Å². The Bertz CT molecular complexity index is 141. The Morgan fingerprint density at radius 1 is 1.50 bits per heavy atom. The number of hydrogen-bond donors (Lipinski definition) is 1. The van der Waals surface area contributed by atoms with Crippen LogP contribution in [0.4, 0.5) is 0 Å². The molecule has 0 spiro atoms. The molecule has 0 aromatic carbocycles. The van der Waals surface area contributed by atoms with Crippen molar-refractivity contribution in [1.29, 1.82) is 0 Å². The molecular formula is C12H26N2. The van der Waals surface area contributed by atoms with Gasteiger partial charge in [-0.1, -0.05) is 13.8 Å². The van der Waals surface area contributed by atoms with Crippen molar-refractivity contribution in [3.05, 3.63) is 0 Å². The van der Waals surface area contributed by atoms with E-state index in [4.69, 9.17) is 0 Å². The van der Waals surface area contributed by atoms with Gasteiger partial charge in [-0.2, -0.15) is 0 Å². The molecule has 84 valence electrons. The van der Waals surface area contributed by atoms with Gasteiger partial charge in [-0.05, 0) is 64.3 Å². The zero-order valence-electron chi connectivity index (χ0n) is 10.1. The number of piperidine rings is 1. The fourth-order valence-corrected chi connectivity index (χ4v) is 2.18. The number of hydrogen-bond acceptors (Lipinski definition) is 2. The molecule has 0 saturated carbocycles. The van der Waals surface area contributed by atoms with Crippen molar-refractivity contribution in [2.75, 3.05) is 33.2 Å². The summed E-state index contributed by atoms with van der Waals surface area (Å²) in [5.74, 6) is 1.81. The Kier molecular flexibility index (Phi) is 5.49. The first-order chi connectivity index (χ1) is 6.74. The van der Waals surface area contributed by atoms with E-state index in [9.17, 15) is 0 Å². The van der Waals surface area contributed by atoms with E-state index in [1.165, 1.54) is 45.4 Å². The first-order valence-electron chi connectivity index (χ1n) is 6.13. The molecule has 2 unspecified atom stereocenters. The standard InChI is InChI=1S/C12H26N2/c1-4-14(3)9-7-11(2)12-6-5-8-13-10-12/h11-13H,4-10H2,1-3H3. The molecular weight excluding hydrogens is 172 g/mol.